The molecule has 3 heteroatoms. The normalized spacial score (nSPS) is 0. The van der Waals surface area contributed by atoms with Crippen molar-refractivity contribution in [2.45, 2.75) is 7.43 Å². The van der Waals surface area contributed by atoms with E-state index in [-0.39, 0.29) is 60.5 Å². The van der Waals surface area contributed by atoms with Gasteiger partial charge in [0.15, 0.2) is 0 Å². The van der Waals surface area contributed by atoms with E-state index in [0.29, 0.717) is 0 Å². The van der Waals surface area contributed by atoms with E-state index in [2.05, 4.69) is 0 Å². The van der Waals surface area contributed by atoms with Gasteiger partial charge in [-0.2, -0.15) is 9.90 Å². The first-order valence-corrected chi connectivity index (χ1v) is 0. The Morgan fingerprint density at radius 1 is 1.00 bits per heavy atom. The molecule has 0 heterocycles. The van der Waals surface area contributed by atoms with Crippen molar-refractivity contribution >= 4 is 47.6 Å². The second kappa shape index (κ2) is 22.8. The summed E-state index contributed by atoms with van der Waals surface area (Å²) in [5, 5.41) is 0. The molecule has 0 aromatic rings. The quantitative estimate of drug-likeness (QED) is 0.295. The van der Waals surface area contributed by atoms with Gasteiger partial charge in [0.1, 0.15) is 0 Å². The summed E-state index contributed by atoms with van der Waals surface area (Å²) >= 11 is 0. The second-order valence-electron chi connectivity index (χ2n) is 0. The smallest absolute Gasteiger partial charge is 0 e. The van der Waals surface area contributed by atoms with Crippen LogP contribution in [0.2, 0.25) is 0 Å². The predicted molar refractivity (Wildman–Crippen MR) is 27.2 cm³/mol. The van der Waals surface area contributed by atoms with Crippen LogP contribution < -0.4 is 0 Å². The number of hydrogen-bond acceptors (Lipinski definition) is 0. The van der Waals surface area contributed by atoms with Crippen LogP contribution in [0.25, 0.3) is 0 Å². The fourth-order valence-corrected chi connectivity index (χ4v) is 0. The van der Waals surface area contributed by atoms with Crippen LogP contribution in [0.3, 0.4) is 0 Å². The molecule has 0 spiro atoms. The minimum Gasteiger partial charge on any atom is -0.412 e. The van der Waals surface area contributed by atoms with Crippen LogP contribution in [0.15, 0.2) is 0 Å². The van der Waals surface area contributed by atoms with Crippen LogP contribution in [0, 0.1) is 0 Å². The molecule has 4 heavy (non-hydrogen) atoms. The maximum absolute atomic E-state index is 0. The molecule has 0 rings (SSSR count). The molecule has 0 bridgehead atoms. The maximum atomic E-state index is 0. The first-order valence-electron chi connectivity index (χ1n) is 0. The molecule has 2 radical (unpaired) electrons. The van der Waals surface area contributed by atoms with Crippen molar-refractivity contribution in [3.63, 3.8) is 0 Å². The van der Waals surface area contributed by atoms with Crippen LogP contribution in [0.5, 0.6) is 0 Å². The van der Waals surface area contributed by atoms with E-state index < -0.39 is 0 Å². The zero-order chi connectivity index (χ0) is 0. The van der Waals surface area contributed by atoms with Crippen molar-refractivity contribution < 1.29 is 5.48 Å². The Kier molecular flexibility index (Phi) is 255. The van der Waals surface area contributed by atoms with Crippen molar-refractivity contribution in [1.82, 2.24) is 0 Å². The molecule has 0 fully saturated rings. The van der Waals surface area contributed by atoms with Gasteiger partial charge in [0.25, 0.3) is 0 Å². The average Bonchev–Trinajstić information content (AvgIpc) is 0. The van der Waals surface area contributed by atoms with E-state index in [9.17, 15) is 0 Å². The molecule has 0 aliphatic rings. The Hall–Kier alpha value is 1.65. The first-order chi connectivity index (χ1) is 0. The summed E-state index contributed by atoms with van der Waals surface area (Å²) in [6.07, 6.45) is 0. The standard InChI is InChI=1S/CH4.Ca.H2O.H3P/h1H4;;1H2;1H3. The van der Waals surface area contributed by atoms with Crippen molar-refractivity contribution in [2.75, 3.05) is 0 Å². The van der Waals surface area contributed by atoms with E-state index in [1.165, 1.54) is 0 Å². The maximum Gasteiger partial charge on any atom is 0 e. The van der Waals surface area contributed by atoms with E-state index in [1.807, 2.05) is 0 Å². The Morgan fingerprint density at radius 3 is 1.00 bits per heavy atom. The molecular formula is CH9CaOP. The van der Waals surface area contributed by atoms with Gasteiger partial charge in [-0.15, -0.1) is 0 Å². The Labute approximate surface area is 60.1 Å². The molecular weight excluding hydrogens is 99.1 g/mol. The third kappa shape index (κ3) is 9.42. The van der Waals surface area contributed by atoms with Crippen molar-refractivity contribution in [1.29, 1.82) is 0 Å². The van der Waals surface area contributed by atoms with Gasteiger partial charge in [-0.05, 0) is 0 Å². The summed E-state index contributed by atoms with van der Waals surface area (Å²) < 4.78 is 0. The van der Waals surface area contributed by atoms with Gasteiger partial charge >= 0.3 is 0 Å². The second-order valence-corrected chi connectivity index (χ2v) is 0. The Bertz CT molecular complexity index is 8.00. The molecule has 0 saturated heterocycles. The van der Waals surface area contributed by atoms with E-state index in [4.69, 9.17) is 0 Å². The molecule has 1 unspecified atom stereocenters. The van der Waals surface area contributed by atoms with Crippen LogP contribution in [0.4, 0.5) is 0 Å². The van der Waals surface area contributed by atoms with Gasteiger partial charge in [-0.3, -0.25) is 0 Å². The van der Waals surface area contributed by atoms with Gasteiger partial charge < -0.3 is 5.48 Å². The minimum absolute atomic E-state index is 0. The van der Waals surface area contributed by atoms with Crippen LogP contribution in [-0.2, 0) is 0 Å². The van der Waals surface area contributed by atoms with Gasteiger partial charge in [-0.1, -0.05) is 7.43 Å². The van der Waals surface area contributed by atoms with Crippen LogP contribution in [-0.4, -0.2) is 43.2 Å². The summed E-state index contributed by atoms with van der Waals surface area (Å²) in [5.74, 6) is 0. The summed E-state index contributed by atoms with van der Waals surface area (Å²) in [6, 6.07) is 0. The van der Waals surface area contributed by atoms with E-state index in [0.717, 1.165) is 0 Å². The molecule has 0 amide bonds. The Balaban J connectivity index is 0. The predicted octanol–water partition coefficient (Wildman–Crippen LogP) is -0.511. The average molecular weight is 108 g/mol. The fraction of sp³-hybridized carbons (Fsp3) is 1.00. The molecule has 0 aliphatic heterocycles. The SMILES string of the molecule is C.O.P.[Ca]. The van der Waals surface area contributed by atoms with Crippen molar-refractivity contribution in [3.8, 4) is 0 Å². The zero-order valence-electron chi connectivity index (χ0n) is 1.91. The first kappa shape index (κ1) is 44.9. The van der Waals surface area contributed by atoms with Crippen LogP contribution >= 0.6 is 9.90 Å². The number of hydrogen-bond donors (Lipinski definition) is 0. The van der Waals surface area contributed by atoms with Gasteiger partial charge in [-0.25, -0.2) is 0 Å². The van der Waals surface area contributed by atoms with E-state index in [1.54, 1.807) is 0 Å². The van der Waals surface area contributed by atoms with Gasteiger partial charge in [0, 0.05) is 37.7 Å². The topological polar surface area (TPSA) is 31.5 Å². The largest absolute Gasteiger partial charge is 0.412 e. The monoisotopic (exact) mass is 108 g/mol. The summed E-state index contributed by atoms with van der Waals surface area (Å²) in [7, 11) is 0. The molecule has 0 aromatic carbocycles. The summed E-state index contributed by atoms with van der Waals surface area (Å²) in [4.78, 5) is 0. The van der Waals surface area contributed by atoms with Gasteiger partial charge in [0.05, 0.1) is 0 Å². The van der Waals surface area contributed by atoms with Crippen LogP contribution in [0.1, 0.15) is 7.43 Å². The van der Waals surface area contributed by atoms with Crippen molar-refractivity contribution in [2.24, 2.45) is 0 Å². The Morgan fingerprint density at radius 2 is 1.00 bits per heavy atom. The summed E-state index contributed by atoms with van der Waals surface area (Å²) in [6.45, 7) is 0. The fourth-order valence-electron chi connectivity index (χ4n) is 0. The minimum atomic E-state index is 0. The molecule has 0 aliphatic carbocycles. The van der Waals surface area contributed by atoms with E-state index >= 15 is 0 Å². The molecule has 0 saturated carbocycles. The van der Waals surface area contributed by atoms with Crippen molar-refractivity contribution in [3.05, 3.63) is 0 Å². The molecule has 1 nitrogen and oxygen atoms in total. The molecule has 0 aromatic heterocycles. The molecule has 2 N–H and O–H groups in total. The number of rotatable bonds is 0. The third-order valence-corrected chi connectivity index (χ3v) is 0. The zero-order valence-corrected chi connectivity index (χ0v) is 5.54. The molecule has 26 valence electrons. The summed E-state index contributed by atoms with van der Waals surface area (Å²) in [5.41, 5.74) is 0. The van der Waals surface area contributed by atoms with Gasteiger partial charge in [0.2, 0.25) is 0 Å². The third-order valence-electron chi connectivity index (χ3n) is 0. The molecule has 1 atom stereocenters.